The zero-order chi connectivity index (χ0) is 22.2. The Bertz CT molecular complexity index is 1390. The molecule has 5 aromatic rings. The van der Waals surface area contributed by atoms with Crippen molar-refractivity contribution in [2.75, 3.05) is 0 Å². The summed E-state index contributed by atoms with van der Waals surface area (Å²) in [5.74, 6) is 0. The van der Waals surface area contributed by atoms with Gasteiger partial charge in [0.1, 0.15) is 0 Å². The molecule has 0 saturated heterocycles. The summed E-state index contributed by atoms with van der Waals surface area (Å²) in [5.41, 5.74) is 3.92. The van der Waals surface area contributed by atoms with Gasteiger partial charge in [-0.1, -0.05) is 47.5 Å². The summed E-state index contributed by atoms with van der Waals surface area (Å²) in [6.45, 7) is 0. The van der Waals surface area contributed by atoms with Crippen molar-refractivity contribution < 1.29 is 0 Å². The summed E-state index contributed by atoms with van der Waals surface area (Å²) in [5, 5.41) is 1.26. The molecule has 32 heavy (non-hydrogen) atoms. The molecule has 0 saturated carbocycles. The van der Waals surface area contributed by atoms with Gasteiger partial charge in [-0.15, -0.1) is 0 Å². The first-order valence-electron chi connectivity index (χ1n) is 9.74. The van der Waals surface area contributed by atoms with Crippen LogP contribution in [0.1, 0.15) is 0 Å². The Kier molecular flexibility index (Phi) is 5.09. The quantitative estimate of drug-likeness (QED) is 0.380. The van der Waals surface area contributed by atoms with Crippen molar-refractivity contribution >= 4 is 23.2 Å². The minimum Gasteiger partial charge on any atom is -0.305 e. The molecule has 0 spiro atoms. The SMILES string of the molecule is O=c1[nH]c(-c2ccc(Cl)cc2)cn1-c1ccc(-n2cc(-c3ccc(Cl)cc3)[nH]c2=O)cc1. The van der Waals surface area contributed by atoms with Gasteiger partial charge in [-0.3, -0.25) is 9.13 Å². The molecule has 3 aromatic carbocycles. The van der Waals surface area contributed by atoms with Gasteiger partial charge in [0.25, 0.3) is 0 Å². The van der Waals surface area contributed by atoms with E-state index in [4.69, 9.17) is 23.2 Å². The molecule has 2 N–H and O–H groups in total. The van der Waals surface area contributed by atoms with E-state index < -0.39 is 0 Å². The number of H-pyrrole nitrogens is 2. The van der Waals surface area contributed by atoms with Crippen LogP contribution >= 0.6 is 23.2 Å². The Hall–Kier alpha value is -3.74. The van der Waals surface area contributed by atoms with E-state index in [0.29, 0.717) is 32.8 Å². The van der Waals surface area contributed by atoms with Crippen LogP contribution < -0.4 is 11.4 Å². The van der Waals surface area contributed by atoms with Crippen LogP contribution in [-0.4, -0.2) is 19.1 Å². The summed E-state index contributed by atoms with van der Waals surface area (Å²) in [6, 6.07) is 21.6. The standard InChI is InChI=1S/C24H16Cl2N4O2/c25-17-5-1-15(2-6-17)21-13-29(23(31)27-21)19-9-11-20(12-10-19)30-14-22(28-24(30)32)16-3-7-18(26)8-4-16/h1-14H,(H,27,31)(H,28,32). The highest BCUT2D eigenvalue weighted by molar-refractivity contribution is 6.30. The minimum absolute atomic E-state index is 0.258. The topological polar surface area (TPSA) is 75.6 Å². The maximum Gasteiger partial charge on any atom is 0.330 e. The Labute approximate surface area is 192 Å². The number of hydrogen-bond donors (Lipinski definition) is 2. The number of nitrogens with zero attached hydrogens (tertiary/aromatic N) is 2. The van der Waals surface area contributed by atoms with Crippen LogP contribution in [0.15, 0.2) is 94.8 Å². The number of rotatable bonds is 4. The van der Waals surface area contributed by atoms with Crippen molar-refractivity contribution in [2.45, 2.75) is 0 Å². The zero-order valence-corrected chi connectivity index (χ0v) is 18.1. The second-order valence-electron chi connectivity index (χ2n) is 7.22. The fraction of sp³-hybridized carbons (Fsp3) is 0. The molecule has 0 aliphatic rings. The van der Waals surface area contributed by atoms with Crippen LogP contribution in [-0.2, 0) is 0 Å². The van der Waals surface area contributed by atoms with Gasteiger partial charge in [-0.2, -0.15) is 0 Å². The normalized spacial score (nSPS) is 11.1. The lowest BCUT2D eigenvalue weighted by Crippen LogP contribution is -2.15. The highest BCUT2D eigenvalue weighted by Crippen LogP contribution is 2.22. The third-order valence-corrected chi connectivity index (χ3v) is 5.66. The van der Waals surface area contributed by atoms with E-state index in [1.54, 1.807) is 60.9 Å². The summed E-state index contributed by atoms with van der Waals surface area (Å²) in [4.78, 5) is 30.7. The molecular weight excluding hydrogens is 447 g/mol. The highest BCUT2D eigenvalue weighted by atomic mass is 35.5. The smallest absolute Gasteiger partial charge is 0.305 e. The van der Waals surface area contributed by atoms with E-state index in [0.717, 1.165) is 11.1 Å². The molecule has 158 valence electrons. The molecule has 0 unspecified atom stereocenters. The molecule has 0 radical (unpaired) electrons. The van der Waals surface area contributed by atoms with Crippen molar-refractivity contribution in [3.8, 4) is 33.9 Å². The lowest BCUT2D eigenvalue weighted by Gasteiger charge is -2.04. The maximum atomic E-state index is 12.5. The maximum absolute atomic E-state index is 12.5. The predicted molar refractivity (Wildman–Crippen MR) is 127 cm³/mol. The second kappa shape index (κ2) is 8.07. The molecule has 0 atom stereocenters. The Morgan fingerprint density at radius 1 is 0.531 bits per heavy atom. The van der Waals surface area contributed by atoms with Crippen LogP contribution in [0.4, 0.5) is 0 Å². The number of hydrogen-bond acceptors (Lipinski definition) is 2. The largest absolute Gasteiger partial charge is 0.330 e. The monoisotopic (exact) mass is 462 g/mol. The fourth-order valence-electron chi connectivity index (χ4n) is 3.50. The zero-order valence-electron chi connectivity index (χ0n) is 16.5. The van der Waals surface area contributed by atoms with Crippen molar-refractivity contribution in [2.24, 2.45) is 0 Å². The van der Waals surface area contributed by atoms with Crippen LogP contribution in [0.3, 0.4) is 0 Å². The summed E-state index contributed by atoms with van der Waals surface area (Å²) >= 11 is 11.9. The van der Waals surface area contributed by atoms with Gasteiger partial charge in [0.2, 0.25) is 0 Å². The fourth-order valence-corrected chi connectivity index (χ4v) is 3.75. The van der Waals surface area contributed by atoms with Crippen molar-refractivity contribution in [3.63, 3.8) is 0 Å². The van der Waals surface area contributed by atoms with Gasteiger partial charge in [0, 0.05) is 22.4 Å². The van der Waals surface area contributed by atoms with Crippen LogP contribution in [0.2, 0.25) is 10.0 Å². The van der Waals surface area contributed by atoms with E-state index in [1.807, 2.05) is 24.3 Å². The predicted octanol–water partition coefficient (Wildman–Crippen LogP) is 5.29. The number of imidazole rings is 2. The third kappa shape index (κ3) is 3.82. The molecule has 2 heterocycles. The molecule has 6 nitrogen and oxygen atoms in total. The number of halogens is 2. The van der Waals surface area contributed by atoms with E-state index in [1.165, 1.54) is 9.13 Å². The molecule has 0 aliphatic carbocycles. The lowest BCUT2D eigenvalue weighted by molar-refractivity contribution is 0.967. The first-order chi connectivity index (χ1) is 15.5. The summed E-state index contributed by atoms with van der Waals surface area (Å²) < 4.78 is 3.04. The first kappa shape index (κ1) is 20.2. The minimum atomic E-state index is -0.258. The number of aromatic nitrogens is 4. The molecular formula is C24H16Cl2N4O2. The van der Waals surface area contributed by atoms with Crippen LogP contribution in [0, 0.1) is 0 Å². The Balaban J connectivity index is 1.45. The van der Waals surface area contributed by atoms with Crippen molar-refractivity contribution in [1.29, 1.82) is 0 Å². The number of aromatic amines is 2. The van der Waals surface area contributed by atoms with Gasteiger partial charge in [0.05, 0.1) is 22.8 Å². The van der Waals surface area contributed by atoms with E-state index >= 15 is 0 Å². The molecule has 0 fully saturated rings. The molecule has 0 bridgehead atoms. The van der Waals surface area contributed by atoms with E-state index in [2.05, 4.69) is 9.97 Å². The number of benzene rings is 3. The lowest BCUT2D eigenvalue weighted by atomic mass is 10.2. The molecule has 2 aromatic heterocycles. The van der Waals surface area contributed by atoms with Gasteiger partial charge in [-0.05, 0) is 59.7 Å². The Morgan fingerprint density at radius 3 is 1.22 bits per heavy atom. The average Bonchev–Trinajstić information content (AvgIpc) is 3.38. The molecule has 5 rings (SSSR count). The highest BCUT2D eigenvalue weighted by Gasteiger charge is 2.10. The van der Waals surface area contributed by atoms with Gasteiger partial charge in [-0.25, -0.2) is 9.59 Å². The summed E-state index contributed by atoms with van der Waals surface area (Å²) in [6.07, 6.45) is 3.48. The average molecular weight is 463 g/mol. The molecule has 8 heteroatoms. The van der Waals surface area contributed by atoms with Gasteiger partial charge in [0.15, 0.2) is 0 Å². The molecule has 0 aliphatic heterocycles. The number of nitrogens with one attached hydrogen (secondary N) is 2. The van der Waals surface area contributed by atoms with Crippen molar-refractivity contribution in [3.05, 3.63) is 116 Å². The second-order valence-corrected chi connectivity index (χ2v) is 8.09. The van der Waals surface area contributed by atoms with Gasteiger partial charge < -0.3 is 9.97 Å². The van der Waals surface area contributed by atoms with Crippen LogP contribution in [0.25, 0.3) is 33.9 Å². The Morgan fingerprint density at radius 2 is 0.875 bits per heavy atom. The third-order valence-electron chi connectivity index (χ3n) is 5.15. The van der Waals surface area contributed by atoms with Crippen LogP contribution in [0.5, 0.6) is 0 Å². The van der Waals surface area contributed by atoms with E-state index in [9.17, 15) is 9.59 Å². The van der Waals surface area contributed by atoms with Gasteiger partial charge >= 0.3 is 11.4 Å². The van der Waals surface area contributed by atoms with E-state index in [-0.39, 0.29) is 11.4 Å². The van der Waals surface area contributed by atoms with Crippen molar-refractivity contribution in [1.82, 2.24) is 19.1 Å². The molecule has 0 amide bonds. The summed E-state index contributed by atoms with van der Waals surface area (Å²) in [7, 11) is 0. The first-order valence-corrected chi connectivity index (χ1v) is 10.5.